The van der Waals surface area contributed by atoms with Crippen molar-refractivity contribution >= 4 is 16.0 Å². The minimum atomic E-state index is -3.76. The number of ether oxygens (including phenoxy) is 2. The molecular weight excluding hydrogens is 392 g/mol. The lowest BCUT2D eigenvalue weighted by atomic mass is 10.2. The van der Waals surface area contributed by atoms with Gasteiger partial charge in [-0.15, -0.1) is 0 Å². The number of sulfonamides is 1. The van der Waals surface area contributed by atoms with E-state index in [9.17, 15) is 13.2 Å². The lowest BCUT2D eigenvalue weighted by Gasteiger charge is -2.33. The van der Waals surface area contributed by atoms with E-state index >= 15 is 0 Å². The zero-order valence-corrected chi connectivity index (χ0v) is 17.2. The molecule has 8 heteroatoms. The van der Waals surface area contributed by atoms with Gasteiger partial charge < -0.3 is 9.47 Å². The van der Waals surface area contributed by atoms with E-state index in [0.717, 1.165) is 13.1 Å². The van der Waals surface area contributed by atoms with Gasteiger partial charge in [0.25, 0.3) is 0 Å². The van der Waals surface area contributed by atoms with Crippen LogP contribution in [0.2, 0.25) is 0 Å². The molecule has 0 radical (unpaired) electrons. The van der Waals surface area contributed by atoms with Crippen molar-refractivity contribution in [2.24, 2.45) is 0 Å². The first-order chi connectivity index (χ1) is 14.0. The summed E-state index contributed by atoms with van der Waals surface area (Å²) in [5.41, 5.74) is 1.42. The molecule has 1 unspecified atom stereocenters. The van der Waals surface area contributed by atoms with Crippen molar-refractivity contribution in [3.63, 3.8) is 0 Å². The number of nitrogens with one attached hydrogen (secondary N) is 1. The zero-order chi connectivity index (χ0) is 20.7. The minimum Gasteiger partial charge on any atom is -0.462 e. The summed E-state index contributed by atoms with van der Waals surface area (Å²) in [7, 11) is -3.76. The molecule has 1 aliphatic heterocycles. The molecule has 2 aromatic carbocycles. The summed E-state index contributed by atoms with van der Waals surface area (Å²) in [6, 6.07) is 16.0. The van der Waals surface area contributed by atoms with Crippen LogP contribution in [0.5, 0.6) is 0 Å². The fourth-order valence-electron chi connectivity index (χ4n) is 3.18. The Kier molecular flexibility index (Phi) is 7.38. The van der Waals surface area contributed by atoms with Crippen LogP contribution in [-0.2, 0) is 26.0 Å². The molecule has 1 saturated heterocycles. The van der Waals surface area contributed by atoms with Gasteiger partial charge >= 0.3 is 5.97 Å². The molecule has 1 aliphatic rings. The van der Waals surface area contributed by atoms with Crippen LogP contribution in [0.25, 0.3) is 0 Å². The Morgan fingerprint density at radius 3 is 2.76 bits per heavy atom. The molecular formula is C21H26N2O5S. The highest BCUT2D eigenvalue weighted by Crippen LogP contribution is 2.14. The van der Waals surface area contributed by atoms with E-state index in [1.165, 1.54) is 29.8 Å². The Morgan fingerprint density at radius 2 is 2.00 bits per heavy atom. The quantitative estimate of drug-likeness (QED) is 0.661. The average molecular weight is 419 g/mol. The number of esters is 1. The van der Waals surface area contributed by atoms with Crippen LogP contribution in [0.15, 0.2) is 59.5 Å². The van der Waals surface area contributed by atoms with Crippen LogP contribution in [-0.4, -0.2) is 58.2 Å². The Balaban J connectivity index is 1.58. The molecule has 29 heavy (non-hydrogen) atoms. The molecule has 3 rings (SSSR count). The van der Waals surface area contributed by atoms with Crippen molar-refractivity contribution in [3.8, 4) is 0 Å². The number of carbonyl (C=O) groups is 1. The molecule has 0 amide bonds. The number of hydrogen-bond acceptors (Lipinski definition) is 6. The molecule has 1 N–H and O–H groups in total. The summed E-state index contributed by atoms with van der Waals surface area (Å²) in [5.74, 6) is -0.545. The van der Waals surface area contributed by atoms with E-state index in [1.54, 1.807) is 6.92 Å². The first-order valence-corrected chi connectivity index (χ1v) is 11.1. The van der Waals surface area contributed by atoms with Gasteiger partial charge in [-0.2, -0.15) is 0 Å². The fraction of sp³-hybridized carbons (Fsp3) is 0.381. The highest BCUT2D eigenvalue weighted by molar-refractivity contribution is 7.89. The van der Waals surface area contributed by atoms with E-state index in [2.05, 4.69) is 21.8 Å². The van der Waals surface area contributed by atoms with Gasteiger partial charge in [-0.3, -0.25) is 4.90 Å². The maximum atomic E-state index is 12.6. The van der Waals surface area contributed by atoms with E-state index in [4.69, 9.17) is 9.47 Å². The lowest BCUT2D eigenvalue weighted by molar-refractivity contribution is -0.0276. The maximum Gasteiger partial charge on any atom is 0.338 e. The van der Waals surface area contributed by atoms with Crippen molar-refractivity contribution in [2.45, 2.75) is 24.5 Å². The Morgan fingerprint density at radius 1 is 1.21 bits per heavy atom. The first kappa shape index (κ1) is 21.4. The summed E-state index contributed by atoms with van der Waals surface area (Å²) in [5, 5.41) is 0. The second-order valence-corrected chi connectivity index (χ2v) is 8.58. The molecule has 156 valence electrons. The van der Waals surface area contributed by atoms with Crippen molar-refractivity contribution in [1.82, 2.24) is 9.62 Å². The number of benzene rings is 2. The third-order valence-corrected chi connectivity index (χ3v) is 6.05. The number of carbonyl (C=O) groups excluding carboxylic acids is 1. The topological polar surface area (TPSA) is 84.9 Å². The SMILES string of the molecule is CCOC(=O)c1cccc(S(=O)(=O)NCC2CN(Cc3ccccc3)CCO2)c1. The summed E-state index contributed by atoms with van der Waals surface area (Å²) in [4.78, 5) is 14.1. The summed E-state index contributed by atoms with van der Waals surface area (Å²) in [6.07, 6.45) is -0.240. The highest BCUT2D eigenvalue weighted by Gasteiger charge is 2.23. The van der Waals surface area contributed by atoms with Crippen molar-refractivity contribution in [3.05, 3.63) is 65.7 Å². The van der Waals surface area contributed by atoms with Gasteiger partial charge in [0.1, 0.15) is 0 Å². The summed E-state index contributed by atoms with van der Waals surface area (Å²) in [6.45, 7) is 4.89. The van der Waals surface area contributed by atoms with E-state index in [1.807, 2.05) is 18.2 Å². The maximum absolute atomic E-state index is 12.6. The number of nitrogens with zero attached hydrogens (tertiary/aromatic N) is 1. The molecule has 0 bridgehead atoms. The molecule has 1 heterocycles. The Hall–Kier alpha value is -2.26. The summed E-state index contributed by atoms with van der Waals surface area (Å²) < 4.78 is 38.6. The summed E-state index contributed by atoms with van der Waals surface area (Å²) >= 11 is 0. The average Bonchev–Trinajstić information content (AvgIpc) is 2.74. The third kappa shape index (κ3) is 6.11. The van der Waals surface area contributed by atoms with E-state index in [0.29, 0.717) is 13.2 Å². The highest BCUT2D eigenvalue weighted by atomic mass is 32.2. The van der Waals surface area contributed by atoms with Crippen LogP contribution in [0.3, 0.4) is 0 Å². The lowest BCUT2D eigenvalue weighted by Crippen LogP contribution is -2.47. The Labute approximate surface area is 171 Å². The van der Waals surface area contributed by atoms with Crippen LogP contribution >= 0.6 is 0 Å². The monoisotopic (exact) mass is 418 g/mol. The second kappa shape index (κ2) is 9.98. The van der Waals surface area contributed by atoms with E-state index < -0.39 is 16.0 Å². The molecule has 1 atom stereocenters. The van der Waals surface area contributed by atoms with Gasteiger partial charge in [0.2, 0.25) is 10.0 Å². The van der Waals surface area contributed by atoms with Gasteiger partial charge in [-0.25, -0.2) is 17.9 Å². The number of morpholine rings is 1. The van der Waals surface area contributed by atoms with Crippen molar-refractivity contribution in [1.29, 1.82) is 0 Å². The predicted octanol–water partition coefficient (Wildman–Crippen LogP) is 2.04. The van der Waals surface area contributed by atoms with Gasteiger partial charge in [0, 0.05) is 26.2 Å². The molecule has 0 spiro atoms. The predicted molar refractivity (Wildman–Crippen MR) is 109 cm³/mol. The molecule has 1 fully saturated rings. The van der Waals surface area contributed by atoms with Crippen LogP contribution in [0.1, 0.15) is 22.8 Å². The van der Waals surface area contributed by atoms with Crippen LogP contribution in [0, 0.1) is 0 Å². The molecule has 7 nitrogen and oxygen atoms in total. The number of hydrogen-bond donors (Lipinski definition) is 1. The fourth-order valence-corrected chi connectivity index (χ4v) is 4.29. The standard InChI is InChI=1S/C21H26N2O5S/c1-2-27-21(24)18-9-6-10-20(13-18)29(25,26)22-14-19-16-23(11-12-28-19)15-17-7-4-3-5-8-17/h3-10,13,19,22H,2,11-12,14-16H2,1H3. The second-order valence-electron chi connectivity index (χ2n) is 6.81. The zero-order valence-electron chi connectivity index (χ0n) is 16.4. The number of rotatable bonds is 8. The molecule has 0 saturated carbocycles. The van der Waals surface area contributed by atoms with Crippen LogP contribution in [0.4, 0.5) is 0 Å². The van der Waals surface area contributed by atoms with Gasteiger partial charge in [0.15, 0.2) is 0 Å². The molecule has 2 aromatic rings. The molecule has 0 aromatic heterocycles. The smallest absolute Gasteiger partial charge is 0.338 e. The van der Waals surface area contributed by atoms with Gasteiger partial charge in [0.05, 0.1) is 29.8 Å². The Bertz CT molecular complexity index is 918. The molecule has 0 aliphatic carbocycles. The van der Waals surface area contributed by atoms with Crippen LogP contribution < -0.4 is 4.72 Å². The minimum absolute atomic E-state index is 0.0278. The van der Waals surface area contributed by atoms with E-state index in [-0.39, 0.29) is 29.7 Å². The normalized spacial score (nSPS) is 17.8. The van der Waals surface area contributed by atoms with Crippen molar-refractivity contribution < 1.29 is 22.7 Å². The largest absolute Gasteiger partial charge is 0.462 e. The first-order valence-electron chi connectivity index (χ1n) is 9.62. The third-order valence-electron chi connectivity index (χ3n) is 4.63. The van der Waals surface area contributed by atoms with Gasteiger partial charge in [-0.1, -0.05) is 36.4 Å². The van der Waals surface area contributed by atoms with Crippen molar-refractivity contribution in [2.75, 3.05) is 32.8 Å². The van der Waals surface area contributed by atoms with Gasteiger partial charge in [-0.05, 0) is 30.7 Å².